The van der Waals surface area contributed by atoms with Gasteiger partial charge < -0.3 is 9.29 Å². The Morgan fingerprint density at radius 2 is 1.18 bits per heavy atom. The second-order valence-corrected chi connectivity index (χ2v) is 11.6. The Hall–Kier alpha value is -2.69. The highest BCUT2D eigenvalue weighted by atomic mass is 32.2. The van der Waals surface area contributed by atoms with E-state index in [-0.39, 0.29) is 10.8 Å². The van der Waals surface area contributed by atoms with Crippen molar-refractivity contribution >= 4 is 32.6 Å². The van der Waals surface area contributed by atoms with Crippen LogP contribution in [-0.4, -0.2) is 15.9 Å². The van der Waals surface area contributed by atoms with Gasteiger partial charge in [-0.15, -0.1) is 0 Å². The lowest BCUT2D eigenvalue weighted by Crippen LogP contribution is -2.11. The number of benzene rings is 4. The molecular formula is C29H32O3S. The van der Waals surface area contributed by atoms with Crippen molar-refractivity contribution in [2.45, 2.75) is 57.3 Å². The van der Waals surface area contributed by atoms with Gasteiger partial charge in [0, 0.05) is 11.1 Å². The Balaban J connectivity index is 2.13. The van der Waals surface area contributed by atoms with Gasteiger partial charge in [-0.3, -0.25) is 0 Å². The summed E-state index contributed by atoms with van der Waals surface area (Å²) in [5.74, 6) is 0.685. The van der Waals surface area contributed by atoms with Crippen LogP contribution in [0, 0.1) is 0 Å². The maximum atomic E-state index is 12.5. The minimum Gasteiger partial charge on any atom is -0.496 e. The van der Waals surface area contributed by atoms with Crippen molar-refractivity contribution < 1.29 is 13.5 Å². The number of hydrogen-bond donors (Lipinski definition) is 1. The predicted octanol–water partition coefficient (Wildman–Crippen LogP) is 7.84. The highest BCUT2D eigenvalue weighted by Gasteiger charge is 2.23. The van der Waals surface area contributed by atoms with E-state index in [0.717, 1.165) is 32.7 Å². The van der Waals surface area contributed by atoms with Crippen molar-refractivity contribution in [2.24, 2.45) is 0 Å². The van der Waals surface area contributed by atoms with Crippen LogP contribution in [-0.2, 0) is 21.9 Å². The second kappa shape index (κ2) is 8.27. The molecule has 0 aromatic heterocycles. The lowest BCUT2D eigenvalue weighted by atomic mass is 9.83. The molecule has 4 rings (SSSR count). The van der Waals surface area contributed by atoms with Crippen molar-refractivity contribution in [3.8, 4) is 16.9 Å². The van der Waals surface area contributed by atoms with Crippen molar-refractivity contribution in [3.05, 3.63) is 71.8 Å². The smallest absolute Gasteiger partial charge is 0.187 e. The van der Waals surface area contributed by atoms with E-state index in [9.17, 15) is 8.76 Å². The molecule has 0 aliphatic heterocycles. The van der Waals surface area contributed by atoms with E-state index in [1.54, 1.807) is 13.2 Å². The second-order valence-electron chi connectivity index (χ2n) is 10.7. The third-order valence-corrected chi connectivity index (χ3v) is 7.07. The van der Waals surface area contributed by atoms with Gasteiger partial charge in [-0.2, -0.15) is 0 Å². The standard InChI is InChI=1S/C29H32O3S/c1-28(2,3)20-10-12-22-18(16-20)8-14-24(32-7)26(22)27-23-13-11-21(29(4,5)6)17-19(23)9-15-25(27)33(30)31/h8-17H,1-7H3,(H,30,31). The molecule has 0 aliphatic carbocycles. The van der Waals surface area contributed by atoms with Gasteiger partial charge in [0.25, 0.3) is 0 Å². The number of hydrogen-bond acceptors (Lipinski definition) is 2. The zero-order valence-electron chi connectivity index (χ0n) is 20.4. The molecule has 1 unspecified atom stereocenters. The van der Waals surface area contributed by atoms with Gasteiger partial charge in [-0.05, 0) is 55.6 Å². The van der Waals surface area contributed by atoms with Crippen LogP contribution in [0.2, 0.25) is 0 Å². The molecule has 1 atom stereocenters. The van der Waals surface area contributed by atoms with Crippen molar-refractivity contribution in [2.75, 3.05) is 7.11 Å². The van der Waals surface area contributed by atoms with Crippen LogP contribution in [0.5, 0.6) is 5.75 Å². The van der Waals surface area contributed by atoms with Crippen molar-refractivity contribution in [3.63, 3.8) is 0 Å². The maximum absolute atomic E-state index is 12.5. The van der Waals surface area contributed by atoms with E-state index in [0.29, 0.717) is 10.6 Å². The molecule has 0 saturated carbocycles. The highest BCUT2D eigenvalue weighted by molar-refractivity contribution is 7.79. The van der Waals surface area contributed by atoms with Gasteiger partial charge in [0.2, 0.25) is 0 Å². The molecule has 1 N–H and O–H groups in total. The quantitative estimate of drug-likeness (QED) is 0.317. The normalized spacial score (nSPS) is 13.5. The molecule has 172 valence electrons. The third kappa shape index (κ3) is 4.30. The minimum absolute atomic E-state index is 0.00726. The van der Waals surface area contributed by atoms with Crippen LogP contribution < -0.4 is 4.74 Å². The molecule has 0 fully saturated rings. The van der Waals surface area contributed by atoms with Crippen LogP contribution >= 0.6 is 0 Å². The zero-order valence-corrected chi connectivity index (χ0v) is 21.3. The first-order valence-corrected chi connectivity index (χ1v) is 12.3. The Kier molecular flexibility index (Phi) is 5.88. The van der Waals surface area contributed by atoms with E-state index < -0.39 is 11.1 Å². The van der Waals surface area contributed by atoms with Crippen LogP contribution in [0.1, 0.15) is 52.7 Å². The van der Waals surface area contributed by atoms with E-state index in [2.05, 4.69) is 84.0 Å². The maximum Gasteiger partial charge on any atom is 0.187 e. The summed E-state index contributed by atoms with van der Waals surface area (Å²) in [5, 5.41) is 4.06. The fourth-order valence-corrected chi connectivity index (χ4v) is 4.96. The van der Waals surface area contributed by atoms with Gasteiger partial charge in [0.05, 0.1) is 12.0 Å². The van der Waals surface area contributed by atoms with Gasteiger partial charge in [-0.25, -0.2) is 4.21 Å². The Labute approximate surface area is 199 Å². The summed E-state index contributed by atoms with van der Waals surface area (Å²) in [6.07, 6.45) is 0. The lowest BCUT2D eigenvalue weighted by molar-refractivity contribution is 0.417. The van der Waals surface area contributed by atoms with E-state index in [1.807, 2.05) is 12.1 Å². The molecule has 4 aromatic carbocycles. The van der Waals surface area contributed by atoms with Crippen LogP contribution in [0.25, 0.3) is 32.7 Å². The Morgan fingerprint density at radius 1 is 0.697 bits per heavy atom. The molecule has 0 amide bonds. The molecule has 0 spiro atoms. The van der Waals surface area contributed by atoms with Gasteiger partial charge in [0.15, 0.2) is 11.1 Å². The van der Waals surface area contributed by atoms with E-state index in [4.69, 9.17) is 4.74 Å². The SMILES string of the molecule is COc1ccc2cc(C(C)(C)C)ccc2c1-c1c(S(=O)O)ccc2cc(C(C)(C)C)ccc12. The number of ether oxygens (including phenoxy) is 1. The van der Waals surface area contributed by atoms with Gasteiger partial charge in [-0.1, -0.05) is 90.1 Å². The summed E-state index contributed by atoms with van der Waals surface area (Å²) in [6, 6.07) is 20.5. The molecule has 0 saturated heterocycles. The fraction of sp³-hybridized carbons (Fsp3) is 0.310. The third-order valence-electron chi connectivity index (χ3n) is 6.35. The van der Waals surface area contributed by atoms with Crippen LogP contribution in [0.3, 0.4) is 0 Å². The minimum atomic E-state index is -2.15. The van der Waals surface area contributed by atoms with Crippen LogP contribution in [0.15, 0.2) is 65.6 Å². The van der Waals surface area contributed by atoms with E-state index >= 15 is 0 Å². The van der Waals surface area contributed by atoms with Crippen molar-refractivity contribution in [1.82, 2.24) is 0 Å². The summed E-state index contributed by atoms with van der Waals surface area (Å²) in [7, 11) is 1.65. The largest absolute Gasteiger partial charge is 0.496 e. The van der Waals surface area contributed by atoms with Crippen molar-refractivity contribution in [1.29, 1.82) is 0 Å². The summed E-state index contributed by atoms with van der Waals surface area (Å²) in [6.45, 7) is 13.2. The summed E-state index contributed by atoms with van der Waals surface area (Å²) in [5.41, 5.74) is 4.09. The zero-order chi connectivity index (χ0) is 24.1. The fourth-order valence-electron chi connectivity index (χ4n) is 4.38. The van der Waals surface area contributed by atoms with Gasteiger partial charge >= 0.3 is 0 Å². The Bertz CT molecular complexity index is 1390. The van der Waals surface area contributed by atoms with Crippen LogP contribution in [0.4, 0.5) is 0 Å². The first-order chi connectivity index (χ1) is 15.4. The summed E-state index contributed by atoms with van der Waals surface area (Å²) < 4.78 is 28.5. The Morgan fingerprint density at radius 3 is 1.64 bits per heavy atom. The number of methoxy groups -OCH3 is 1. The highest BCUT2D eigenvalue weighted by Crippen LogP contribution is 2.44. The molecule has 33 heavy (non-hydrogen) atoms. The van der Waals surface area contributed by atoms with E-state index in [1.165, 1.54) is 11.1 Å². The summed E-state index contributed by atoms with van der Waals surface area (Å²) in [4.78, 5) is 0.386. The molecule has 0 bridgehead atoms. The first kappa shape index (κ1) is 23.5. The number of rotatable bonds is 3. The summed E-state index contributed by atoms with van der Waals surface area (Å²) >= 11 is -2.15. The van der Waals surface area contributed by atoms with Gasteiger partial charge in [0.1, 0.15) is 5.75 Å². The molecule has 0 aliphatic rings. The lowest BCUT2D eigenvalue weighted by Gasteiger charge is -2.22. The average Bonchev–Trinajstić information content (AvgIpc) is 2.75. The molecule has 0 heterocycles. The molecule has 0 radical (unpaired) electrons. The average molecular weight is 461 g/mol. The topological polar surface area (TPSA) is 46.5 Å². The molecule has 4 heteroatoms. The first-order valence-electron chi connectivity index (χ1n) is 11.2. The number of fused-ring (bicyclic) bond motifs is 2. The predicted molar refractivity (Wildman–Crippen MR) is 140 cm³/mol. The molecule has 3 nitrogen and oxygen atoms in total. The molecular weight excluding hydrogens is 428 g/mol. The monoisotopic (exact) mass is 460 g/mol. The molecule has 4 aromatic rings.